The fraction of sp³-hybridized carbons (Fsp3) is 0.647. The molecule has 7 rings (SSSR count). The largest absolute Gasteiger partial charge is 0.387 e. The Morgan fingerprint density at radius 1 is 0.596 bits per heavy atom. The molecule has 3 fully saturated rings. The van der Waals surface area contributed by atoms with Crippen molar-refractivity contribution in [3.8, 4) is 0 Å². The Hall–Kier alpha value is -0.520. The summed E-state index contributed by atoms with van der Waals surface area (Å²) in [4.78, 5) is 0. The zero-order chi connectivity index (χ0) is 33.5. The van der Waals surface area contributed by atoms with Crippen LogP contribution >= 0.6 is 47.8 Å². The van der Waals surface area contributed by atoms with Crippen LogP contribution in [0.1, 0.15) is 47.1 Å². The Balaban J connectivity index is 1.21. The third-order valence-electron chi connectivity index (χ3n) is 9.06. The lowest BCUT2D eigenvalue weighted by atomic mass is 9.91. The number of hydrogen-bond acceptors (Lipinski definition) is 10. The van der Waals surface area contributed by atoms with E-state index in [0.717, 1.165) is 19.0 Å². The van der Waals surface area contributed by atoms with Crippen LogP contribution in [0.2, 0.25) is 0 Å². The van der Waals surface area contributed by atoms with Gasteiger partial charge in [0.05, 0.1) is 6.61 Å². The van der Waals surface area contributed by atoms with Gasteiger partial charge in [0.1, 0.15) is 73.2 Å². The quantitative estimate of drug-likeness (QED) is 0.358. The average Bonchev–Trinajstić information content (AvgIpc) is 3.63. The monoisotopic (exact) mass is 846 g/mol. The molecule has 3 heterocycles. The molecule has 6 aliphatic rings. The van der Waals surface area contributed by atoms with Gasteiger partial charge in [0.25, 0.3) is 0 Å². The zero-order valence-corrected chi connectivity index (χ0v) is 31.8. The van der Waals surface area contributed by atoms with Crippen molar-refractivity contribution in [1.29, 1.82) is 0 Å². The summed E-state index contributed by atoms with van der Waals surface area (Å²) >= 11 is 11.1. The molecule has 1 aromatic rings. The highest BCUT2D eigenvalue weighted by Gasteiger charge is 2.58. The molecule has 258 valence electrons. The molecular weight excluding hydrogens is 808 g/mol. The number of aliphatic hydroxyl groups is 1. The van der Waals surface area contributed by atoms with Crippen LogP contribution in [0.3, 0.4) is 0 Å². The molecule has 12 atom stereocenters. The third kappa shape index (κ3) is 7.04. The lowest BCUT2D eigenvalue weighted by Gasteiger charge is -2.43. The van der Waals surface area contributed by atoms with Crippen molar-refractivity contribution in [1.82, 2.24) is 0 Å². The summed E-state index contributed by atoms with van der Waals surface area (Å²) in [6.07, 6.45) is -1.43. The summed E-state index contributed by atoms with van der Waals surface area (Å²) in [7, 11) is 0. The van der Waals surface area contributed by atoms with Gasteiger partial charge in [-0.2, -0.15) is 0 Å². The third-order valence-corrected chi connectivity index (χ3v) is 11.2. The molecule has 47 heavy (non-hydrogen) atoms. The maximum atomic E-state index is 11.6. The second-order valence-electron chi connectivity index (χ2n) is 14.1. The lowest BCUT2D eigenvalue weighted by molar-refractivity contribution is -0.220. The topological polar surface area (TPSA) is 103 Å². The minimum absolute atomic E-state index is 0.373. The van der Waals surface area contributed by atoms with Crippen molar-refractivity contribution in [2.45, 2.75) is 139 Å². The van der Waals surface area contributed by atoms with Gasteiger partial charge < -0.3 is 47.7 Å². The molecule has 3 aliphatic carbocycles. The SMILES string of the molecule is CC1(C)O[C@@H]2[C@H](O1)C(Br)=CC(OCc1ccccc1)[C@@H]2O[C@@H]1C=C(Br)[C@H]2OC(C)(C)O[C@H]2[C@H]1OC1C=C(Br)[C@@H]2OC(C)(C)O[C@@H]2[C@H]1O. The summed E-state index contributed by atoms with van der Waals surface area (Å²) in [5, 5.41) is 11.6. The van der Waals surface area contributed by atoms with Crippen LogP contribution in [0.25, 0.3) is 0 Å². The van der Waals surface area contributed by atoms with Gasteiger partial charge in [0.2, 0.25) is 0 Å². The van der Waals surface area contributed by atoms with E-state index in [1.54, 1.807) is 0 Å². The fourth-order valence-corrected chi connectivity index (χ4v) is 9.00. The van der Waals surface area contributed by atoms with Crippen LogP contribution in [-0.4, -0.2) is 95.7 Å². The van der Waals surface area contributed by atoms with Gasteiger partial charge in [-0.1, -0.05) is 78.1 Å². The molecule has 2 unspecified atom stereocenters. The average molecular weight is 849 g/mol. The van der Waals surface area contributed by atoms with Crippen molar-refractivity contribution in [3.05, 3.63) is 67.6 Å². The second kappa shape index (κ2) is 12.9. The summed E-state index contributed by atoms with van der Waals surface area (Å²) in [6, 6.07) is 9.99. The van der Waals surface area contributed by atoms with E-state index in [9.17, 15) is 5.11 Å². The standard InChI is InChI=1S/C34H41Br3O10/c1-32(2)42-24-17(35)12-20(23(38)29(24)45-32)40-28-22(14-19(37)26-31(28)47-34(5,6)44-26)41-27-21(39-15-16-10-8-7-9-11-16)13-18(36)25-30(27)46-33(3,4)43-25/h7-14,20-31,38H,15H2,1-6H3/t20?,21?,22-,23+,24+,25-,26-,27+,28+,29-,30-,31-/m1/s1. The zero-order valence-electron chi connectivity index (χ0n) is 27.0. The smallest absolute Gasteiger partial charge is 0.164 e. The van der Waals surface area contributed by atoms with Gasteiger partial charge in [-0.05, 0) is 65.3 Å². The molecule has 10 nitrogen and oxygen atoms in total. The van der Waals surface area contributed by atoms with Crippen LogP contribution in [-0.2, 0) is 49.2 Å². The first kappa shape index (κ1) is 34.9. The number of fused-ring (bicyclic) bond motifs is 3. The first-order valence-electron chi connectivity index (χ1n) is 15.9. The molecule has 1 N–H and O–H groups in total. The van der Waals surface area contributed by atoms with Gasteiger partial charge in [-0.25, -0.2) is 0 Å². The van der Waals surface area contributed by atoms with Gasteiger partial charge in [0.15, 0.2) is 17.4 Å². The van der Waals surface area contributed by atoms with E-state index < -0.39 is 90.6 Å². The van der Waals surface area contributed by atoms with Crippen LogP contribution in [0.5, 0.6) is 0 Å². The molecule has 0 bridgehead atoms. The minimum atomic E-state index is -1.01. The van der Waals surface area contributed by atoms with E-state index in [-0.39, 0.29) is 0 Å². The first-order chi connectivity index (χ1) is 22.1. The van der Waals surface area contributed by atoms with Crippen LogP contribution in [0.15, 0.2) is 62.0 Å². The summed E-state index contributed by atoms with van der Waals surface area (Å²) < 4.78 is 60.4. The molecule has 13 heteroatoms. The molecular formula is C34H41Br3O10. The van der Waals surface area contributed by atoms with Gasteiger partial charge in [-0.15, -0.1) is 0 Å². The number of halogens is 3. The number of rotatable bonds is 7. The first-order valence-corrected chi connectivity index (χ1v) is 18.3. The van der Waals surface area contributed by atoms with Crippen molar-refractivity contribution in [2.75, 3.05) is 0 Å². The van der Waals surface area contributed by atoms with Crippen LogP contribution < -0.4 is 0 Å². The number of aliphatic hydroxyl groups excluding tert-OH is 1. The molecule has 0 spiro atoms. The normalized spacial score (nSPS) is 43.0. The molecule has 0 amide bonds. The fourth-order valence-electron chi connectivity index (χ4n) is 7.16. The maximum absolute atomic E-state index is 11.6. The van der Waals surface area contributed by atoms with Crippen molar-refractivity contribution in [2.24, 2.45) is 0 Å². The van der Waals surface area contributed by atoms with Gasteiger partial charge >= 0.3 is 0 Å². The van der Waals surface area contributed by atoms with E-state index in [1.807, 2.05) is 90.1 Å². The predicted octanol–water partition coefficient (Wildman–Crippen LogP) is 5.88. The van der Waals surface area contributed by atoms with Gasteiger partial charge in [0, 0.05) is 13.4 Å². The van der Waals surface area contributed by atoms with E-state index >= 15 is 0 Å². The lowest BCUT2D eigenvalue weighted by Crippen LogP contribution is -2.57. The Kier molecular flexibility index (Phi) is 9.59. The number of ether oxygens (including phenoxy) is 9. The van der Waals surface area contributed by atoms with Crippen molar-refractivity contribution in [3.63, 3.8) is 0 Å². The van der Waals surface area contributed by atoms with E-state index in [1.165, 1.54) is 0 Å². The highest BCUT2D eigenvalue weighted by Crippen LogP contribution is 2.47. The maximum Gasteiger partial charge on any atom is 0.164 e. The molecule has 0 aromatic heterocycles. The molecule has 0 saturated carbocycles. The van der Waals surface area contributed by atoms with E-state index in [2.05, 4.69) is 47.8 Å². The molecule has 3 aliphatic heterocycles. The van der Waals surface area contributed by atoms with Crippen LogP contribution in [0.4, 0.5) is 0 Å². The highest BCUT2D eigenvalue weighted by atomic mass is 79.9. The Morgan fingerprint density at radius 2 is 1.02 bits per heavy atom. The summed E-state index contributed by atoms with van der Waals surface area (Å²) in [5.41, 5.74) is 1.04. The molecule has 3 saturated heterocycles. The van der Waals surface area contributed by atoms with Crippen molar-refractivity contribution < 1.29 is 47.7 Å². The Morgan fingerprint density at radius 3 is 1.57 bits per heavy atom. The van der Waals surface area contributed by atoms with Gasteiger partial charge in [-0.3, -0.25) is 0 Å². The molecule has 0 radical (unpaired) electrons. The highest BCUT2D eigenvalue weighted by molar-refractivity contribution is 9.12. The van der Waals surface area contributed by atoms with E-state index in [4.69, 9.17) is 42.6 Å². The van der Waals surface area contributed by atoms with E-state index in [0.29, 0.717) is 6.61 Å². The van der Waals surface area contributed by atoms with Crippen LogP contribution in [0, 0.1) is 0 Å². The number of benzene rings is 1. The predicted molar refractivity (Wildman–Crippen MR) is 181 cm³/mol. The Labute approximate surface area is 300 Å². The second-order valence-corrected chi connectivity index (χ2v) is 16.8. The van der Waals surface area contributed by atoms with Crippen molar-refractivity contribution >= 4 is 47.8 Å². The Bertz CT molecular complexity index is 1430. The molecule has 1 aromatic carbocycles. The summed E-state index contributed by atoms with van der Waals surface area (Å²) in [5.74, 6) is -2.58. The summed E-state index contributed by atoms with van der Waals surface area (Å²) in [6.45, 7) is 11.5. The number of hydrogen-bond donors (Lipinski definition) is 1. The minimum Gasteiger partial charge on any atom is -0.387 e.